The molecule has 2 heteroatoms. The molecule has 0 bridgehead atoms. The molecule has 0 unspecified atom stereocenters. The molecule has 12 heavy (non-hydrogen) atoms. The van der Waals surface area contributed by atoms with E-state index in [1.165, 1.54) is 10.8 Å². The molecule has 0 aliphatic rings. The van der Waals surface area contributed by atoms with Crippen LogP contribution in [0.15, 0.2) is 30.3 Å². The van der Waals surface area contributed by atoms with Crippen LogP contribution in [0, 0.1) is 0 Å². The zero-order valence-electron chi connectivity index (χ0n) is 7.00. The van der Waals surface area contributed by atoms with Gasteiger partial charge in [0.25, 0.3) is 0 Å². The third-order valence-corrected chi connectivity index (χ3v) is 2.30. The van der Waals surface area contributed by atoms with E-state index in [0.29, 0.717) is 0 Å². The lowest BCUT2D eigenvalue weighted by atomic mass is 10.3. The average molecular weight is 276 g/mol. The molecule has 1 nitrogen and oxygen atoms in total. The van der Waals surface area contributed by atoms with Gasteiger partial charge >= 0.3 is 0 Å². The number of halogens is 1. The lowest BCUT2D eigenvalue weighted by Gasteiger charge is -2.03. The van der Waals surface area contributed by atoms with Crippen molar-refractivity contribution < 1.29 is 4.74 Å². The number of benzene rings is 1. The van der Waals surface area contributed by atoms with Crippen molar-refractivity contribution in [2.24, 2.45) is 0 Å². The highest BCUT2D eigenvalue weighted by atomic mass is 127. The molecule has 0 N–H and O–H groups in total. The molecule has 0 atom stereocenters. The maximum Gasteiger partial charge on any atom is 0.119 e. The predicted molar refractivity (Wildman–Crippen MR) is 60.1 cm³/mol. The standard InChI is InChI=1S/C10H13IO/c11-8-4-5-9-12-10-6-2-1-3-7-10/h1-3,6-7H,4-5,8-9H2. The van der Waals surface area contributed by atoms with Gasteiger partial charge in [0, 0.05) is 0 Å². The number of rotatable bonds is 5. The first-order valence-corrected chi connectivity index (χ1v) is 5.70. The van der Waals surface area contributed by atoms with Crippen molar-refractivity contribution in [1.29, 1.82) is 0 Å². The summed E-state index contributed by atoms with van der Waals surface area (Å²) in [4.78, 5) is 0. The van der Waals surface area contributed by atoms with Crippen LogP contribution >= 0.6 is 22.6 Å². The second kappa shape index (κ2) is 6.29. The van der Waals surface area contributed by atoms with Gasteiger partial charge in [-0.15, -0.1) is 0 Å². The van der Waals surface area contributed by atoms with Crippen LogP contribution < -0.4 is 4.74 Å². The van der Waals surface area contributed by atoms with Gasteiger partial charge in [0.15, 0.2) is 0 Å². The van der Waals surface area contributed by atoms with Crippen LogP contribution in [0.3, 0.4) is 0 Å². The summed E-state index contributed by atoms with van der Waals surface area (Å²) in [6, 6.07) is 9.97. The molecule has 0 saturated heterocycles. The predicted octanol–water partition coefficient (Wildman–Crippen LogP) is 3.28. The van der Waals surface area contributed by atoms with Crippen molar-refractivity contribution in [1.82, 2.24) is 0 Å². The Morgan fingerprint density at radius 3 is 2.50 bits per heavy atom. The van der Waals surface area contributed by atoms with Crippen LogP contribution in [0.1, 0.15) is 12.8 Å². The SMILES string of the molecule is ICCCCOc1ccccc1. The summed E-state index contributed by atoms with van der Waals surface area (Å²) in [6.07, 6.45) is 2.39. The normalized spacial score (nSPS) is 9.75. The Morgan fingerprint density at radius 2 is 1.83 bits per heavy atom. The first kappa shape index (κ1) is 9.84. The van der Waals surface area contributed by atoms with Crippen LogP contribution in [0.25, 0.3) is 0 Å². The van der Waals surface area contributed by atoms with Gasteiger partial charge < -0.3 is 4.74 Å². The number of hydrogen-bond acceptors (Lipinski definition) is 1. The number of hydrogen-bond donors (Lipinski definition) is 0. The van der Waals surface area contributed by atoms with Gasteiger partial charge in [0.2, 0.25) is 0 Å². The van der Waals surface area contributed by atoms with Crippen molar-refractivity contribution in [3.8, 4) is 5.75 Å². The number of ether oxygens (including phenoxy) is 1. The summed E-state index contributed by atoms with van der Waals surface area (Å²) in [6.45, 7) is 0.840. The molecule has 0 aliphatic carbocycles. The minimum Gasteiger partial charge on any atom is -0.494 e. The van der Waals surface area contributed by atoms with Gasteiger partial charge in [-0.05, 0) is 29.4 Å². The highest BCUT2D eigenvalue weighted by molar-refractivity contribution is 14.1. The van der Waals surface area contributed by atoms with E-state index in [9.17, 15) is 0 Å². The molecule has 0 fully saturated rings. The summed E-state index contributed by atoms with van der Waals surface area (Å²) in [5.74, 6) is 0.978. The van der Waals surface area contributed by atoms with Crippen LogP contribution in [0.2, 0.25) is 0 Å². The van der Waals surface area contributed by atoms with Gasteiger partial charge in [-0.1, -0.05) is 40.8 Å². The molecular weight excluding hydrogens is 263 g/mol. The fourth-order valence-electron chi connectivity index (χ4n) is 0.903. The Hall–Kier alpha value is -0.250. The van der Waals surface area contributed by atoms with Crippen molar-refractivity contribution >= 4 is 22.6 Å². The van der Waals surface area contributed by atoms with E-state index in [4.69, 9.17) is 4.74 Å². The Balaban J connectivity index is 2.16. The quantitative estimate of drug-likeness (QED) is 0.455. The molecule has 0 amide bonds. The van der Waals surface area contributed by atoms with Gasteiger partial charge in [-0.3, -0.25) is 0 Å². The lowest BCUT2D eigenvalue weighted by molar-refractivity contribution is 0.310. The maximum absolute atomic E-state index is 5.50. The minimum absolute atomic E-state index is 0.840. The van der Waals surface area contributed by atoms with Crippen molar-refractivity contribution in [2.75, 3.05) is 11.0 Å². The first-order chi connectivity index (χ1) is 5.93. The smallest absolute Gasteiger partial charge is 0.119 e. The molecule has 0 spiro atoms. The summed E-state index contributed by atoms with van der Waals surface area (Å²) in [5, 5.41) is 0. The first-order valence-electron chi connectivity index (χ1n) is 4.17. The largest absolute Gasteiger partial charge is 0.494 e. The minimum atomic E-state index is 0.840. The molecule has 66 valence electrons. The highest BCUT2D eigenvalue weighted by Crippen LogP contribution is 2.08. The Bertz CT molecular complexity index is 198. The zero-order chi connectivity index (χ0) is 8.65. The maximum atomic E-state index is 5.50. The summed E-state index contributed by atoms with van der Waals surface area (Å²) < 4.78 is 6.72. The fourth-order valence-corrected chi connectivity index (χ4v) is 1.44. The molecule has 1 aromatic rings. The molecule has 0 radical (unpaired) electrons. The van der Waals surface area contributed by atoms with E-state index in [0.717, 1.165) is 18.8 Å². The molecule has 0 aromatic heterocycles. The second-order valence-electron chi connectivity index (χ2n) is 2.56. The topological polar surface area (TPSA) is 9.23 Å². The Labute approximate surface area is 87.3 Å². The van der Waals surface area contributed by atoms with E-state index in [2.05, 4.69) is 22.6 Å². The molecule has 1 rings (SSSR count). The van der Waals surface area contributed by atoms with E-state index < -0.39 is 0 Å². The molecule has 1 aromatic carbocycles. The number of unbranched alkanes of at least 4 members (excludes halogenated alkanes) is 1. The van der Waals surface area contributed by atoms with E-state index >= 15 is 0 Å². The van der Waals surface area contributed by atoms with Crippen LogP contribution in [0.5, 0.6) is 5.75 Å². The van der Waals surface area contributed by atoms with Crippen molar-refractivity contribution in [2.45, 2.75) is 12.8 Å². The molecule has 0 aliphatic heterocycles. The van der Waals surface area contributed by atoms with Gasteiger partial charge in [-0.25, -0.2) is 0 Å². The fraction of sp³-hybridized carbons (Fsp3) is 0.400. The third kappa shape index (κ3) is 3.95. The van der Waals surface area contributed by atoms with Gasteiger partial charge in [-0.2, -0.15) is 0 Å². The van der Waals surface area contributed by atoms with E-state index in [1.54, 1.807) is 0 Å². The Kier molecular flexibility index (Phi) is 5.15. The number of alkyl halides is 1. The van der Waals surface area contributed by atoms with Gasteiger partial charge in [0.1, 0.15) is 5.75 Å². The van der Waals surface area contributed by atoms with Crippen molar-refractivity contribution in [3.05, 3.63) is 30.3 Å². The van der Waals surface area contributed by atoms with Crippen LogP contribution in [-0.4, -0.2) is 11.0 Å². The summed E-state index contributed by atoms with van der Waals surface area (Å²) in [5.41, 5.74) is 0. The molecule has 0 saturated carbocycles. The Morgan fingerprint density at radius 1 is 1.08 bits per heavy atom. The number of para-hydroxylation sites is 1. The molecule has 0 heterocycles. The molecular formula is C10H13IO. The van der Waals surface area contributed by atoms with Crippen molar-refractivity contribution in [3.63, 3.8) is 0 Å². The highest BCUT2D eigenvalue weighted by Gasteiger charge is 1.90. The summed E-state index contributed by atoms with van der Waals surface area (Å²) >= 11 is 2.39. The zero-order valence-corrected chi connectivity index (χ0v) is 9.16. The lowest BCUT2D eigenvalue weighted by Crippen LogP contribution is -1.96. The van der Waals surface area contributed by atoms with Crippen LogP contribution in [0.4, 0.5) is 0 Å². The third-order valence-electron chi connectivity index (χ3n) is 1.54. The van der Waals surface area contributed by atoms with Crippen LogP contribution in [-0.2, 0) is 0 Å². The van der Waals surface area contributed by atoms with Gasteiger partial charge in [0.05, 0.1) is 6.61 Å². The second-order valence-corrected chi connectivity index (χ2v) is 3.64. The monoisotopic (exact) mass is 276 g/mol. The average Bonchev–Trinajstić information content (AvgIpc) is 2.14. The summed E-state index contributed by atoms with van der Waals surface area (Å²) in [7, 11) is 0. The van der Waals surface area contributed by atoms with E-state index in [1.807, 2.05) is 30.3 Å². The van der Waals surface area contributed by atoms with E-state index in [-0.39, 0.29) is 0 Å².